The number of nitrogen functional groups attached to an aromatic ring is 1. The van der Waals surface area contributed by atoms with Gasteiger partial charge in [-0.3, -0.25) is 0 Å². The maximum atomic E-state index is 9.52. The van der Waals surface area contributed by atoms with Crippen LogP contribution in [0.15, 0.2) is 48.5 Å². The van der Waals surface area contributed by atoms with E-state index in [-0.39, 0.29) is 5.75 Å². The van der Waals surface area contributed by atoms with Gasteiger partial charge < -0.3 is 15.4 Å². The molecule has 0 spiro atoms. The first kappa shape index (κ1) is 11.9. The molecule has 0 saturated carbocycles. The van der Waals surface area contributed by atoms with Crippen LogP contribution in [0.3, 0.4) is 0 Å². The summed E-state index contributed by atoms with van der Waals surface area (Å²) >= 11 is 6.02. The fraction of sp³-hybridized carbons (Fsp3) is 0.0667. The minimum absolute atomic E-state index is 0.0904. The minimum Gasteiger partial charge on any atom is -0.506 e. The Morgan fingerprint density at radius 2 is 1.89 bits per heavy atom. The van der Waals surface area contributed by atoms with E-state index in [2.05, 4.69) is 10.6 Å². The second kappa shape index (κ2) is 4.52. The molecule has 96 valence electrons. The van der Waals surface area contributed by atoms with Crippen LogP contribution in [0.1, 0.15) is 5.69 Å². The highest BCUT2D eigenvalue weighted by molar-refractivity contribution is 6.17. The second-order valence-electron chi connectivity index (χ2n) is 4.41. The van der Waals surface area contributed by atoms with Gasteiger partial charge in [0, 0.05) is 16.8 Å². The summed E-state index contributed by atoms with van der Waals surface area (Å²) in [4.78, 5) is 0. The molecule has 0 fully saturated rings. The number of hydrogen-bond acceptors (Lipinski definition) is 2. The van der Waals surface area contributed by atoms with Gasteiger partial charge in [-0.25, -0.2) is 0 Å². The maximum Gasteiger partial charge on any atom is 0.138 e. The lowest BCUT2D eigenvalue weighted by atomic mass is 10.2. The number of nitrogens with zero attached hydrogens (tertiary/aromatic N) is 1. The number of anilines is 1. The normalized spacial score (nSPS) is 11.0. The summed E-state index contributed by atoms with van der Waals surface area (Å²) in [5.74, 6) is 0.503. The third-order valence-electron chi connectivity index (χ3n) is 3.19. The first-order chi connectivity index (χ1) is 9.20. The number of aromatic nitrogens is 1. The van der Waals surface area contributed by atoms with Crippen molar-refractivity contribution in [3.8, 4) is 11.4 Å². The Morgan fingerprint density at radius 3 is 2.63 bits per heavy atom. The van der Waals surface area contributed by atoms with Crippen LogP contribution in [0, 0.1) is 0 Å². The number of alkyl halides is 1. The molecule has 3 rings (SSSR count). The summed E-state index contributed by atoms with van der Waals surface area (Å²) in [6.45, 7) is 0. The van der Waals surface area contributed by atoms with Gasteiger partial charge in [0.15, 0.2) is 0 Å². The van der Waals surface area contributed by atoms with E-state index in [9.17, 15) is 5.11 Å². The molecule has 1 aromatic heterocycles. The maximum absolute atomic E-state index is 9.52. The number of benzene rings is 2. The van der Waals surface area contributed by atoms with E-state index in [1.807, 2.05) is 30.3 Å². The molecular formula is C15H13ClN2O. The number of nitrogens with two attached hydrogens (primary N) is 1. The van der Waals surface area contributed by atoms with Crippen LogP contribution in [0.5, 0.6) is 5.75 Å². The topological polar surface area (TPSA) is 51.2 Å². The Bertz CT molecular complexity index is 749. The van der Waals surface area contributed by atoms with Crippen molar-refractivity contribution in [1.82, 2.24) is 4.57 Å². The van der Waals surface area contributed by atoms with E-state index in [4.69, 9.17) is 17.3 Å². The van der Waals surface area contributed by atoms with Crippen LogP contribution in [-0.2, 0) is 5.88 Å². The molecule has 19 heavy (non-hydrogen) atoms. The van der Waals surface area contributed by atoms with Gasteiger partial charge in [-0.1, -0.05) is 18.2 Å². The SMILES string of the molecule is Nc1cc(-n2c(CCl)cc3ccccc32)ccc1O. The quantitative estimate of drug-likeness (QED) is 0.425. The molecule has 3 nitrogen and oxygen atoms in total. The zero-order valence-corrected chi connectivity index (χ0v) is 10.9. The van der Waals surface area contributed by atoms with E-state index in [0.717, 1.165) is 22.3 Å². The number of hydrogen-bond donors (Lipinski definition) is 2. The van der Waals surface area contributed by atoms with Gasteiger partial charge in [0.05, 0.1) is 17.1 Å². The summed E-state index contributed by atoms with van der Waals surface area (Å²) in [6, 6.07) is 15.3. The van der Waals surface area contributed by atoms with Crippen molar-refractivity contribution in [3.63, 3.8) is 0 Å². The van der Waals surface area contributed by atoms with Gasteiger partial charge >= 0.3 is 0 Å². The zero-order valence-electron chi connectivity index (χ0n) is 10.2. The van der Waals surface area contributed by atoms with E-state index in [0.29, 0.717) is 11.6 Å². The van der Waals surface area contributed by atoms with Crippen molar-refractivity contribution < 1.29 is 5.11 Å². The predicted octanol–water partition coefficient (Wildman–Crippen LogP) is 3.66. The van der Waals surface area contributed by atoms with Crippen molar-refractivity contribution >= 4 is 28.2 Å². The molecule has 3 N–H and O–H groups in total. The lowest BCUT2D eigenvalue weighted by molar-refractivity contribution is 0.478. The highest BCUT2D eigenvalue weighted by Crippen LogP contribution is 2.29. The molecule has 1 heterocycles. The summed E-state index contributed by atoms with van der Waals surface area (Å²) in [7, 11) is 0. The molecule has 0 unspecified atom stereocenters. The van der Waals surface area contributed by atoms with Crippen LogP contribution < -0.4 is 5.73 Å². The molecule has 0 bridgehead atoms. The third kappa shape index (κ3) is 1.92. The molecule has 3 aromatic rings. The molecule has 4 heteroatoms. The van der Waals surface area contributed by atoms with Crippen LogP contribution in [-0.4, -0.2) is 9.67 Å². The average molecular weight is 273 g/mol. The van der Waals surface area contributed by atoms with Crippen molar-refractivity contribution in [2.24, 2.45) is 0 Å². The molecule has 0 radical (unpaired) electrons. The number of halogens is 1. The van der Waals surface area contributed by atoms with Crippen LogP contribution >= 0.6 is 11.6 Å². The fourth-order valence-electron chi connectivity index (χ4n) is 2.30. The first-order valence-electron chi connectivity index (χ1n) is 5.95. The van der Waals surface area contributed by atoms with Gasteiger partial charge in [0.25, 0.3) is 0 Å². The smallest absolute Gasteiger partial charge is 0.138 e. The van der Waals surface area contributed by atoms with Crippen molar-refractivity contribution in [1.29, 1.82) is 0 Å². The number of phenolic OH excluding ortho intramolecular Hbond substituents is 1. The number of aromatic hydroxyl groups is 1. The zero-order chi connectivity index (χ0) is 13.4. The predicted molar refractivity (Wildman–Crippen MR) is 78.9 cm³/mol. The Labute approximate surface area is 115 Å². The van der Waals surface area contributed by atoms with Crippen LogP contribution in [0.25, 0.3) is 16.6 Å². The average Bonchev–Trinajstić information content (AvgIpc) is 2.80. The molecule has 0 atom stereocenters. The lowest BCUT2D eigenvalue weighted by Gasteiger charge is -2.10. The van der Waals surface area contributed by atoms with Gasteiger partial charge in [-0.15, -0.1) is 11.6 Å². The largest absolute Gasteiger partial charge is 0.506 e. The summed E-state index contributed by atoms with van der Waals surface area (Å²) in [6.07, 6.45) is 0. The molecule has 2 aromatic carbocycles. The molecule has 0 saturated heterocycles. The first-order valence-corrected chi connectivity index (χ1v) is 6.48. The van der Waals surface area contributed by atoms with Crippen molar-refractivity contribution in [2.45, 2.75) is 5.88 Å². The molecule has 0 aliphatic rings. The summed E-state index contributed by atoms with van der Waals surface area (Å²) in [5, 5.41) is 10.7. The van der Waals surface area contributed by atoms with Gasteiger partial charge in [-0.05, 0) is 30.3 Å². The molecule has 0 aliphatic carbocycles. The van der Waals surface area contributed by atoms with Gasteiger partial charge in [0.1, 0.15) is 5.75 Å². The number of fused-ring (bicyclic) bond motifs is 1. The van der Waals surface area contributed by atoms with Gasteiger partial charge in [0.2, 0.25) is 0 Å². The monoisotopic (exact) mass is 272 g/mol. The molecule has 0 aliphatic heterocycles. The Kier molecular flexibility index (Phi) is 2.84. The highest BCUT2D eigenvalue weighted by Gasteiger charge is 2.10. The van der Waals surface area contributed by atoms with Crippen molar-refractivity contribution in [3.05, 3.63) is 54.2 Å². The van der Waals surface area contributed by atoms with Gasteiger partial charge in [-0.2, -0.15) is 0 Å². The molecular weight excluding hydrogens is 260 g/mol. The Morgan fingerprint density at radius 1 is 1.11 bits per heavy atom. The Balaban J connectivity index is 2.31. The number of phenols is 1. The van der Waals surface area contributed by atoms with E-state index in [1.54, 1.807) is 12.1 Å². The summed E-state index contributed by atoms with van der Waals surface area (Å²) in [5.41, 5.74) is 9.08. The number of para-hydroxylation sites is 1. The van der Waals surface area contributed by atoms with Crippen LogP contribution in [0.2, 0.25) is 0 Å². The Hall–Kier alpha value is -2.13. The van der Waals surface area contributed by atoms with E-state index >= 15 is 0 Å². The minimum atomic E-state index is 0.0904. The lowest BCUT2D eigenvalue weighted by Crippen LogP contribution is -1.99. The van der Waals surface area contributed by atoms with E-state index in [1.165, 1.54) is 0 Å². The molecule has 0 amide bonds. The number of rotatable bonds is 2. The highest BCUT2D eigenvalue weighted by atomic mass is 35.5. The van der Waals surface area contributed by atoms with E-state index < -0.39 is 0 Å². The third-order valence-corrected chi connectivity index (χ3v) is 3.47. The second-order valence-corrected chi connectivity index (χ2v) is 4.67. The summed E-state index contributed by atoms with van der Waals surface area (Å²) < 4.78 is 2.05. The van der Waals surface area contributed by atoms with Crippen molar-refractivity contribution in [2.75, 3.05) is 5.73 Å². The fourth-order valence-corrected chi connectivity index (χ4v) is 2.49. The standard InChI is InChI=1S/C15H13ClN2O/c16-9-12-7-10-3-1-2-4-14(10)18(12)11-5-6-15(19)13(17)8-11/h1-8,19H,9,17H2. The van der Waals surface area contributed by atoms with Crippen LogP contribution in [0.4, 0.5) is 5.69 Å².